The molecule has 3 rings (SSSR count). The van der Waals surface area contributed by atoms with Gasteiger partial charge in [0.05, 0.1) is 12.2 Å². The third-order valence-corrected chi connectivity index (χ3v) is 4.28. The normalized spacial score (nSPS) is 23.5. The smallest absolute Gasteiger partial charge is 0.319 e. The SMILES string of the molecule is Cn1ncc2c1CCC[C@H]2NC(=O)C1(C(=O)O)CC1. The molecule has 1 amide bonds. The number of amides is 1. The minimum atomic E-state index is -1.17. The summed E-state index contributed by atoms with van der Waals surface area (Å²) in [6, 6.07) is -0.0956. The predicted octanol–water partition coefficient (Wildman–Crippen LogP) is 0.778. The van der Waals surface area contributed by atoms with E-state index < -0.39 is 11.4 Å². The van der Waals surface area contributed by atoms with E-state index in [0.29, 0.717) is 12.8 Å². The standard InChI is InChI=1S/C13H17N3O3/c1-16-10-4-2-3-9(8(10)7-14-16)15-11(17)13(5-6-13)12(18)19/h7,9H,2-6H2,1H3,(H,15,17)(H,18,19)/t9-/m1/s1. The van der Waals surface area contributed by atoms with E-state index in [2.05, 4.69) is 10.4 Å². The number of nitrogens with zero attached hydrogens (tertiary/aromatic N) is 2. The molecule has 6 nitrogen and oxygen atoms in total. The fourth-order valence-electron chi connectivity index (χ4n) is 2.82. The first-order chi connectivity index (χ1) is 9.04. The Bertz CT molecular complexity index is 545. The van der Waals surface area contributed by atoms with Crippen LogP contribution in [0.1, 0.15) is 43.0 Å². The van der Waals surface area contributed by atoms with Crippen molar-refractivity contribution >= 4 is 11.9 Å². The summed E-state index contributed by atoms with van der Waals surface area (Å²) in [4.78, 5) is 23.3. The number of rotatable bonds is 3. The lowest BCUT2D eigenvalue weighted by Gasteiger charge is -2.25. The van der Waals surface area contributed by atoms with Crippen molar-refractivity contribution in [2.24, 2.45) is 12.5 Å². The summed E-state index contributed by atoms with van der Waals surface area (Å²) in [5.41, 5.74) is 1.000. The number of fused-ring (bicyclic) bond motifs is 1. The molecular formula is C13H17N3O3. The molecule has 1 aromatic heterocycles. The molecule has 0 spiro atoms. The van der Waals surface area contributed by atoms with Crippen molar-refractivity contribution in [1.29, 1.82) is 0 Å². The van der Waals surface area contributed by atoms with Crippen molar-refractivity contribution in [1.82, 2.24) is 15.1 Å². The van der Waals surface area contributed by atoms with Gasteiger partial charge in [0, 0.05) is 18.3 Å². The summed E-state index contributed by atoms with van der Waals surface area (Å²) in [5.74, 6) is -1.35. The van der Waals surface area contributed by atoms with Gasteiger partial charge in [0.25, 0.3) is 0 Å². The van der Waals surface area contributed by atoms with Gasteiger partial charge in [-0.3, -0.25) is 14.3 Å². The van der Waals surface area contributed by atoms with Gasteiger partial charge in [-0.25, -0.2) is 0 Å². The second kappa shape index (κ2) is 4.08. The molecule has 2 aliphatic carbocycles. The van der Waals surface area contributed by atoms with Crippen LogP contribution in [0.2, 0.25) is 0 Å². The maximum Gasteiger partial charge on any atom is 0.319 e. The molecule has 0 aromatic carbocycles. The van der Waals surface area contributed by atoms with Gasteiger partial charge in [-0.05, 0) is 32.1 Å². The Morgan fingerprint density at radius 2 is 2.26 bits per heavy atom. The average Bonchev–Trinajstić information content (AvgIpc) is 3.11. The molecule has 1 fully saturated rings. The Kier molecular flexibility index (Phi) is 2.62. The van der Waals surface area contributed by atoms with Crippen LogP contribution in [0.15, 0.2) is 6.20 Å². The number of aryl methyl sites for hydroxylation is 1. The highest BCUT2D eigenvalue weighted by molar-refractivity contribution is 6.04. The lowest BCUT2D eigenvalue weighted by molar-refractivity contribution is -0.149. The molecule has 2 N–H and O–H groups in total. The molecule has 19 heavy (non-hydrogen) atoms. The summed E-state index contributed by atoms with van der Waals surface area (Å²) in [6.07, 6.45) is 5.46. The Labute approximate surface area is 110 Å². The predicted molar refractivity (Wildman–Crippen MR) is 66.3 cm³/mol. The highest BCUT2D eigenvalue weighted by Crippen LogP contribution is 2.46. The molecular weight excluding hydrogens is 246 g/mol. The van der Waals surface area contributed by atoms with E-state index in [4.69, 9.17) is 5.11 Å². The highest BCUT2D eigenvalue weighted by atomic mass is 16.4. The summed E-state index contributed by atoms with van der Waals surface area (Å²) < 4.78 is 1.83. The number of hydrogen-bond donors (Lipinski definition) is 2. The first-order valence-electron chi connectivity index (χ1n) is 6.60. The van der Waals surface area contributed by atoms with Crippen LogP contribution in [0.3, 0.4) is 0 Å². The Morgan fingerprint density at radius 1 is 1.53 bits per heavy atom. The molecule has 0 aliphatic heterocycles. The van der Waals surface area contributed by atoms with Gasteiger partial charge in [-0.15, -0.1) is 0 Å². The van der Waals surface area contributed by atoms with Gasteiger partial charge in [-0.2, -0.15) is 5.10 Å². The van der Waals surface area contributed by atoms with Crippen LogP contribution in [0.4, 0.5) is 0 Å². The van der Waals surface area contributed by atoms with Gasteiger partial charge in [-0.1, -0.05) is 0 Å². The largest absolute Gasteiger partial charge is 0.480 e. The van der Waals surface area contributed by atoms with Gasteiger partial charge < -0.3 is 10.4 Å². The first-order valence-corrected chi connectivity index (χ1v) is 6.60. The Balaban J connectivity index is 1.78. The summed E-state index contributed by atoms with van der Waals surface area (Å²) in [7, 11) is 1.89. The molecule has 1 saturated carbocycles. The number of carbonyl (C=O) groups is 2. The topological polar surface area (TPSA) is 84.2 Å². The minimum absolute atomic E-state index is 0.0956. The molecule has 0 bridgehead atoms. The lowest BCUT2D eigenvalue weighted by Crippen LogP contribution is -2.40. The number of hydrogen-bond acceptors (Lipinski definition) is 3. The molecule has 1 heterocycles. The van der Waals surface area contributed by atoms with Gasteiger partial charge in [0.1, 0.15) is 5.41 Å². The Hall–Kier alpha value is -1.85. The van der Waals surface area contributed by atoms with Crippen molar-refractivity contribution in [3.05, 3.63) is 17.5 Å². The molecule has 0 unspecified atom stereocenters. The van der Waals surface area contributed by atoms with Crippen LogP contribution < -0.4 is 5.32 Å². The van der Waals surface area contributed by atoms with Crippen molar-refractivity contribution < 1.29 is 14.7 Å². The monoisotopic (exact) mass is 263 g/mol. The van der Waals surface area contributed by atoms with Crippen LogP contribution in [-0.4, -0.2) is 26.8 Å². The zero-order chi connectivity index (χ0) is 13.6. The molecule has 1 aromatic rings. The fourth-order valence-corrected chi connectivity index (χ4v) is 2.82. The van der Waals surface area contributed by atoms with Crippen LogP contribution >= 0.6 is 0 Å². The van der Waals surface area contributed by atoms with Gasteiger partial charge in [0.2, 0.25) is 5.91 Å². The fraction of sp³-hybridized carbons (Fsp3) is 0.615. The third-order valence-electron chi connectivity index (χ3n) is 4.28. The Morgan fingerprint density at radius 3 is 2.89 bits per heavy atom. The van der Waals surface area contributed by atoms with Gasteiger partial charge in [0.15, 0.2) is 0 Å². The van der Waals surface area contributed by atoms with Gasteiger partial charge >= 0.3 is 5.97 Å². The molecule has 102 valence electrons. The second-order valence-electron chi connectivity index (χ2n) is 5.48. The number of carboxylic acid groups (broad SMARTS) is 1. The summed E-state index contributed by atoms with van der Waals surface area (Å²) in [5, 5.41) is 16.2. The van der Waals surface area contributed by atoms with E-state index in [0.717, 1.165) is 30.5 Å². The van der Waals surface area contributed by atoms with E-state index in [1.807, 2.05) is 11.7 Å². The first kappa shape index (κ1) is 12.2. The number of aliphatic carboxylic acids is 1. The third kappa shape index (κ3) is 1.82. The summed E-state index contributed by atoms with van der Waals surface area (Å²) >= 11 is 0. The molecule has 0 radical (unpaired) electrons. The second-order valence-corrected chi connectivity index (χ2v) is 5.48. The molecule has 6 heteroatoms. The number of carbonyl (C=O) groups excluding carboxylic acids is 1. The zero-order valence-electron chi connectivity index (χ0n) is 10.8. The average molecular weight is 263 g/mol. The van der Waals surface area contributed by atoms with E-state index in [-0.39, 0.29) is 11.9 Å². The molecule has 1 atom stereocenters. The van der Waals surface area contributed by atoms with Crippen molar-refractivity contribution in [2.45, 2.75) is 38.1 Å². The van der Waals surface area contributed by atoms with E-state index in [1.54, 1.807) is 6.20 Å². The quantitative estimate of drug-likeness (QED) is 0.789. The lowest BCUT2D eigenvalue weighted by atomic mass is 9.92. The zero-order valence-corrected chi connectivity index (χ0v) is 10.8. The maximum atomic E-state index is 12.1. The number of aromatic nitrogens is 2. The maximum absolute atomic E-state index is 12.1. The van der Waals surface area contributed by atoms with Crippen molar-refractivity contribution in [3.63, 3.8) is 0 Å². The molecule has 0 saturated heterocycles. The van der Waals surface area contributed by atoms with Crippen molar-refractivity contribution in [3.8, 4) is 0 Å². The van der Waals surface area contributed by atoms with E-state index >= 15 is 0 Å². The van der Waals surface area contributed by atoms with Crippen LogP contribution in [0, 0.1) is 5.41 Å². The summed E-state index contributed by atoms with van der Waals surface area (Å²) in [6.45, 7) is 0. The highest BCUT2D eigenvalue weighted by Gasteiger charge is 2.57. The van der Waals surface area contributed by atoms with Crippen molar-refractivity contribution in [2.75, 3.05) is 0 Å². The van der Waals surface area contributed by atoms with Crippen LogP contribution in [0.25, 0.3) is 0 Å². The van der Waals surface area contributed by atoms with Crippen LogP contribution in [-0.2, 0) is 23.1 Å². The van der Waals surface area contributed by atoms with Crippen LogP contribution in [0.5, 0.6) is 0 Å². The molecule has 2 aliphatic rings. The van der Waals surface area contributed by atoms with E-state index in [1.165, 1.54) is 0 Å². The number of carboxylic acids is 1. The van der Waals surface area contributed by atoms with E-state index in [9.17, 15) is 9.59 Å². The minimum Gasteiger partial charge on any atom is -0.480 e. The number of nitrogens with one attached hydrogen (secondary N) is 1.